The van der Waals surface area contributed by atoms with Gasteiger partial charge in [-0.15, -0.1) is 0 Å². The van der Waals surface area contributed by atoms with Gasteiger partial charge in [-0.3, -0.25) is 0 Å². The van der Waals surface area contributed by atoms with Crippen molar-refractivity contribution in [2.45, 2.75) is 139 Å². The van der Waals surface area contributed by atoms with Crippen molar-refractivity contribution in [1.82, 2.24) is 0 Å². The van der Waals surface area contributed by atoms with Crippen LogP contribution in [0.25, 0.3) is 0 Å². The molecule has 0 unspecified atom stereocenters. The second-order valence-electron chi connectivity index (χ2n) is 20.9. The Bertz CT molecular complexity index is 1600. The molecule has 0 aliphatic rings. The van der Waals surface area contributed by atoms with Crippen LogP contribution in [-0.2, 0) is 19.3 Å². The van der Waals surface area contributed by atoms with Crippen molar-refractivity contribution in [3.63, 3.8) is 0 Å². The standard InChI is InChI=1S/C51H78O3Si3/c1-37(2)28-31-52-49-46(34-40-16-22-43(23-17-40)55(7,8)9)50(53-32-29-38(3)4)48(36-42-20-26-45(27-21-42)57(13,14)15)51(54-33-30-39(5)6)47(49)35-41-18-24-44(25-19-41)56(10,11)12/h16-27,37-39H,28-36H2,1-15H3. The second-order valence-corrected chi connectivity index (χ2v) is 36.1. The predicted octanol–water partition coefficient (Wildman–Crippen LogP) is 12.4. The maximum atomic E-state index is 7.13. The zero-order valence-electron chi connectivity index (χ0n) is 38.7. The Labute approximate surface area is 352 Å². The van der Waals surface area contributed by atoms with Crippen molar-refractivity contribution in [3.8, 4) is 17.2 Å². The molecule has 0 aliphatic carbocycles. The first-order valence-electron chi connectivity index (χ1n) is 22.0. The first-order valence-corrected chi connectivity index (χ1v) is 32.5. The molecule has 4 aromatic rings. The molecule has 0 spiro atoms. The normalized spacial score (nSPS) is 12.5. The van der Waals surface area contributed by atoms with E-state index in [0.717, 1.165) is 72.5 Å². The van der Waals surface area contributed by atoms with Gasteiger partial charge in [0.15, 0.2) is 0 Å². The van der Waals surface area contributed by atoms with Crippen LogP contribution in [0.15, 0.2) is 72.8 Å². The van der Waals surface area contributed by atoms with Gasteiger partial charge < -0.3 is 14.2 Å². The largest absolute Gasteiger partial charge is 0.493 e. The van der Waals surface area contributed by atoms with E-state index in [0.29, 0.717) is 37.6 Å². The minimum Gasteiger partial charge on any atom is -0.493 e. The molecule has 4 aromatic carbocycles. The summed E-state index contributed by atoms with van der Waals surface area (Å²) in [4.78, 5) is 0. The van der Waals surface area contributed by atoms with Crippen LogP contribution in [0.4, 0.5) is 0 Å². The summed E-state index contributed by atoms with van der Waals surface area (Å²) in [6, 6.07) is 28.3. The van der Waals surface area contributed by atoms with Crippen LogP contribution in [0.2, 0.25) is 58.9 Å². The molecule has 6 heteroatoms. The van der Waals surface area contributed by atoms with Crippen molar-refractivity contribution in [3.05, 3.63) is 106 Å². The van der Waals surface area contributed by atoms with Gasteiger partial charge in [0.25, 0.3) is 0 Å². The highest BCUT2D eigenvalue weighted by Crippen LogP contribution is 2.47. The average molecular weight is 823 g/mol. The molecular formula is C51H78O3Si3. The molecule has 0 bridgehead atoms. The molecule has 57 heavy (non-hydrogen) atoms. The highest BCUT2D eigenvalue weighted by molar-refractivity contribution is 6.89. The number of hydrogen-bond donors (Lipinski definition) is 0. The van der Waals surface area contributed by atoms with E-state index >= 15 is 0 Å². The van der Waals surface area contributed by atoms with Crippen molar-refractivity contribution < 1.29 is 14.2 Å². The molecular weight excluding hydrogens is 745 g/mol. The third kappa shape index (κ3) is 14.0. The van der Waals surface area contributed by atoms with Crippen molar-refractivity contribution in [1.29, 1.82) is 0 Å². The zero-order valence-corrected chi connectivity index (χ0v) is 41.7. The van der Waals surface area contributed by atoms with Crippen LogP contribution in [0.5, 0.6) is 17.2 Å². The Morgan fingerprint density at radius 2 is 0.561 bits per heavy atom. The maximum Gasteiger partial charge on any atom is 0.133 e. The van der Waals surface area contributed by atoms with E-state index in [9.17, 15) is 0 Å². The van der Waals surface area contributed by atoms with Crippen molar-refractivity contribution >= 4 is 39.8 Å². The number of ether oxygens (including phenoxy) is 3. The summed E-state index contributed by atoms with van der Waals surface area (Å²) in [6.07, 6.45) is 5.13. The highest BCUT2D eigenvalue weighted by Gasteiger charge is 2.29. The summed E-state index contributed by atoms with van der Waals surface area (Å²) in [5.74, 6) is 4.45. The molecule has 0 amide bonds. The minimum absolute atomic E-state index is 0.530. The topological polar surface area (TPSA) is 27.7 Å². The van der Waals surface area contributed by atoms with E-state index in [1.54, 1.807) is 0 Å². The average Bonchev–Trinajstić information content (AvgIpc) is 3.10. The van der Waals surface area contributed by atoms with Crippen molar-refractivity contribution in [2.75, 3.05) is 19.8 Å². The fourth-order valence-electron chi connectivity index (χ4n) is 7.03. The lowest BCUT2D eigenvalue weighted by Crippen LogP contribution is -2.37. The molecule has 312 valence electrons. The molecule has 0 fully saturated rings. The van der Waals surface area contributed by atoms with Gasteiger partial charge in [-0.05, 0) is 53.7 Å². The lowest BCUT2D eigenvalue weighted by molar-refractivity contribution is 0.253. The van der Waals surface area contributed by atoms with Gasteiger partial charge >= 0.3 is 0 Å². The number of hydrogen-bond acceptors (Lipinski definition) is 3. The van der Waals surface area contributed by atoms with E-state index in [-0.39, 0.29) is 0 Å². The van der Waals surface area contributed by atoms with Gasteiger partial charge in [0.05, 0.1) is 44.0 Å². The SMILES string of the molecule is CC(C)CCOc1c(Cc2ccc([Si](C)(C)C)cc2)c(OCCC(C)C)c(Cc2ccc([Si](C)(C)C)cc2)c(OCCC(C)C)c1Cc1ccc([Si](C)(C)C)cc1. The van der Waals surface area contributed by atoms with Gasteiger partial charge in [0, 0.05) is 36.0 Å². The van der Waals surface area contributed by atoms with E-state index in [1.165, 1.54) is 32.3 Å². The van der Waals surface area contributed by atoms with E-state index in [1.807, 2.05) is 0 Å². The molecule has 0 aliphatic heterocycles. The van der Waals surface area contributed by atoms with Crippen LogP contribution in [-0.4, -0.2) is 44.0 Å². The Hall–Kier alpha value is -3.07. The Morgan fingerprint density at radius 1 is 0.351 bits per heavy atom. The van der Waals surface area contributed by atoms with Crippen molar-refractivity contribution in [2.24, 2.45) is 17.8 Å². The third-order valence-electron chi connectivity index (χ3n) is 11.1. The molecule has 0 N–H and O–H groups in total. The molecule has 4 rings (SSSR count). The van der Waals surface area contributed by atoms with Gasteiger partial charge in [-0.1, -0.05) is 189 Å². The Kier molecular flexibility index (Phi) is 16.6. The molecule has 0 saturated heterocycles. The molecule has 0 atom stereocenters. The second kappa shape index (κ2) is 20.3. The first kappa shape index (κ1) is 46.6. The summed E-state index contributed by atoms with van der Waals surface area (Å²) < 4.78 is 21.4. The highest BCUT2D eigenvalue weighted by atomic mass is 28.3. The van der Waals surface area contributed by atoms with Crippen LogP contribution in [0.1, 0.15) is 94.2 Å². The fourth-order valence-corrected chi connectivity index (χ4v) is 10.5. The van der Waals surface area contributed by atoms with Crippen LogP contribution in [0.3, 0.4) is 0 Å². The van der Waals surface area contributed by atoms with E-state index < -0.39 is 24.2 Å². The summed E-state index contributed by atoms with van der Waals surface area (Å²) in [5.41, 5.74) is 7.31. The summed E-state index contributed by atoms with van der Waals surface area (Å²) in [7, 11) is -4.36. The lowest BCUT2D eigenvalue weighted by atomic mass is 9.89. The quantitative estimate of drug-likeness (QED) is 0.0784. The smallest absolute Gasteiger partial charge is 0.133 e. The van der Waals surface area contributed by atoms with Gasteiger partial charge in [0.1, 0.15) is 17.2 Å². The first-order chi connectivity index (χ1) is 26.6. The van der Waals surface area contributed by atoms with E-state index in [4.69, 9.17) is 14.2 Å². The Balaban J connectivity index is 2.07. The van der Waals surface area contributed by atoms with Gasteiger partial charge in [0.2, 0.25) is 0 Å². The summed E-state index contributed by atoms with van der Waals surface area (Å²) >= 11 is 0. The fraction of sp³-hybridized carbons (Fsp3) is 0.529. The third-order valence-corrected chi connectivity index (χ3v) is 17.3. The molecule has 0 aromatic heterocycles. The Morgan fingerprint density at radius 3 is 0.737 bits per heavy atom. The van der Waals surface area contributed by atoms with Gasteiger partial charge in [-0.25, -0.2) is 0 Å². The predicted molar refractivity (Wildman–Crippen MR) is 258 cm³/mol. The molecule has 3 nitrogen and oxygen atoms in total. The maximum absolute atomic E-state index is 7.13. The van der Waals surface area contributed by atoms with Crippen LogP contribution < -0.4 is 29.8 Å². The summed E-state index contributed by atoms with van der Waals surface area (Å²) in [5, 5.41) is 4.44. The van der Waals surface area contributed by atoms with E-state index in [2.05, 4.69) is 173 Å². The number of benzene rings is 4. The monoisotopic (exact) mass is 823 g/mol. The van der Waals surface area contributed by atoms with Crippen LogP contribution in [0, 0.1) is 17.8 Å². The summed E-state index contributed by atoms with van der Waals surface area (Å²) in [6.45, 7) is 37.4. The molecule has 0 radical (unpaired) electrons. The lowest BCUT2D eigenvalue weighted by Gasteiger charge is -2.28. The number of rotatable bonds is 21. The molecule has 0 saturated carbocycles. The van der Waals surface area contributed by atoms with Gasteiger partial charge in [-0.2, -0.15) is 0 Å². The minimum atomic E-state index is -1.45. The zero-order chi connectivity index (χ0) is 42.1. The molecule has 0 heterocycles. The van der Waals surface area contributed by atoms with Crippen LogP contribution >= 0.6 is 0 Å².